The van der Waals surface area contributed by atoms with Crippen LogP contribution >= 0.6 is 0 Å². The van der Waals surface area contributed by atoms with Gasteiger partial charge >= 0.3 is 0 Å². The number of nitrogens with one attached hydrogen (secondary N) is 5. The zero-order valence-electron chi connectivity index (χ0n) is 29.5. The van der Waals surface area contributed by atoms with Crippen molar-refractivity contribution >= 4 is 23.6 Å². The Morgan fingerprint density at radius 1 is 0.755 bits per heavy atom. The summed E-state index contributed by atoms with van der Waals surface area (Å²) in [4.78, 5) is 53.5. The second kappa shape index (κ2) is 18.7. The van der Waals surface area contributed by atoms with Crippen LogP contribution in [0.2, 0.25) is 0 Å². The Bertz CT molecular complexity index is 1490. The van der Waals surface area contributed by atoms with E-state index in [0.29, 0.717) is 37.0 Å². The third kappa shape index (κ3) is 13.3. The lowest BCUT2D eigenvalue weighted by Crippen LogP contribution is -2.57. The Morgan fingerprint density at radius 3 is 1.94 bits per heavy atom. The number of hydrogen-bond donors (Lipinski definition) is 5. The average molecular weight is 673 g/mol. The van der Waals surface area contributed by atoms with Crippen molar-refractivity contribution in [2.45, 2.75) is 97.4 Å². The summed E-state index contributed by atoms with van der Waals surface area (Å²) in [6, 6.07) is 19.4. The van der Waals surface area contributed by atoms with Crippen LogP contribution in [0, 0.1) is 10.6 Å². The molecule has 1 aromatic heterocycles. The number of pyridine rings is 1. The Hall–Kier alpha value is -4.77. The second-order valence-corrected chi connectivity index (χ2v) is 13.8. The SMILES string of the molecule is CCC[C@H](NC(=O)[C@H](CC(C)(C)C)NC(=O)c1cc[n+]([O-])cc1)C(=O)N[C@H](CN[C@@H](C)C(=O)N[C@H](C)c1ccccc1)Cc1ccccc1. The van der Waals surface area contributed by atoms with E-state index in [-0.39, 0.29) is 34.9 Å². The van der Waals surface area contributed by atoms with E-state index in [2.05, 4.69) is 26.6 Å². The molecule has 0 radical (unpaired) electrons. The van der Waals surface area contributed by atoms with Crippen LogP contribution in [0.5, 0.6) is 0 Å². The van der Waals surface area contributed by atoms with E-state index in [4.69, 9.17) is 0 Å². The summed E-state index contributed by atoms with van der Waals surface area (Å²) in [6.45, 7) is 11.8. The predicted octanol–water partition coefficient (Wildman–Crippen LogP) is 3.72. The van der Waals surface area contributed by atoms with Gasteiger partial charge in [0.25, 0.3) is 5.91 Å². The number of carbonyl (C=O) groups is 4. The standard InChI is InChI=1S/C38H52N6O5/c1-7-14-32(42-37(48)33(24-38(4,5)6)43-35(46)30-19-21-44(49)22-20-30)36(47)41-31(23-28-15-10-8-11-16-28)25-39-27(3)34(45)40-26(2)29-17-12-9-13-18-29/h8-13,15-22,26-27,31-33,39H,7,14,23-25H2,1-6H3,(H,40,45)(H,41,47)(H,42,48)(H,43,46)/t26-,27+,31+,32+,33+/m1/s1. The van der Waals surface area contributed by atoms with Crippen LogP contribution in [0.15, 0.2) is 85.2 Å². The van der Waals surface area contributed by atoms with Gasteiger partial charge in [0.15, 0.2) is 12.4 Å². The molecule has 3 rings (SSSR count). The largest absolute Gasteiger partial charge is 0.619 e. The number of benzene rings is 2. The van der Waals surface area contributed by atoms with Gasteiger partial charge in [-0.2, -0.15) is 4.73 Å². The van der Waals surface area contributed by atoms with Crippen LogP contribution in [0.1, 0.15) is 88.3 Å². The predicted molar refractivity (Wildman–Crippen MR) is 190 cm³/mol. The Labute approximate surface area is 290 Å². The first-order valence-corrected chi connectivity index (χ1v) is 17.0. The molecule has 1 heterocycles. The minimum atomic E-state index is -0.918. The Kier molecular flexibility index (Phi) is 14.8. The summed E-state index contributed by atoms with van der Waals surface area (Å²) < 4.78 is 0.576. The van der Waals surface area contributed by atoms with Crippen molar-refractivity contribution in [2.75, 3.05) is 6.54 Å². The molecular formula is C38H52N6O5. The minimum absolute atomic E-state index is 0.160. The highest BCUT2D eigenvalue weighted by Crippen LogP contribution is 2.21. The van der Waals surface area contributed by atoms with Gasteiger partial charge < -0.3 is 31.8 Å². The number of hydrogen-bond acceptors (Lipinski definition) is 6. The number of amides is 4. The molecule has 0 aliphatic carbocycles. The van der Waals surface area contributed by atoms with Gasteiger partial charge in [0.1, 0.15) is 12.1 Å². The molecular weight excluding hydrogens is 620 g/mol. The fourth-order valence-electron chi connectivity index (χ4n) is 5.41. The maximum Gasteiger partial charge on any atom is 0.252 e. The van der Waals surface area contributed by atoms with Crippen LogP contribution in [-0.4, -0.2) is 54.3 Å². The van der Waals surface area contributed by atoms with Crippen molar-refractivity contribution in [1.82, 2.24) is 26.6 Å². The van der Waals surface area contributed by atoms with Crippen molar-refractivity contribution in [3.63, 3.8) is 0 Å². The van der Waals surface area contributed by atoms with Gasteiger partial charge in [-0.3, -0.25) is 19.2 Å². The molecule has 0 bridgehead atoms. The highest BCUT2D eigenvalue weighted by atomic mass is 16.5. The number of nitrogens with zero attached hydrogens (tertiary/aromatic N) is 1. The average Bonchev–Trinajstić information content (AvgIpc) is 3.06. The summed E-state index contributed by atoms with van der Waals surface area (Å²) in [6.07, 6.45) is 4.28. The van der Waals surface area contributed by atoms with Crippen molar-refractivity contribution < 1.29 is 23.9 Å². The van der Waals surface area contributed by atoms with Gasteiger partial charge in [0.05, 0.1) is 17.6 Å². The molecule has 0 saturated heterocycles. The number of aromatic nitrogens is 1. The molecule has 4 amide bonds. The maximum atomic E-state index is 13.8. The first-order valence-electron chi connectivity index (χ1n) is 17.0. The lowest BCUT2D eigenvalue weighted by molar-refractivity contribution is -0.605. The number of rotatable bonds is 17. The molecule has 0 fully saturated rings. The molecule has 0 aliphatic rings. The van der Waals surface area contributed by atoms with Crippen LogP contribution in [-0.2, 0) is 20.8 Å². The van der Waals surface area contributed by atoms with Crippen LogP contribution < -0.4 is 31.3 Å². The van der Waals surface area contributed by atoms with Crippen LogP contribution in [0.25, 0.3) is 0 Å². The van der Waals surface area contributed by atoms with Crippen molar-refractivity contribution in [1.29, 1.82) is 0 Å². The van der Waals surface area contributed by atoms with Gasteiger partial charge in [-0.25, -0.2) is 0 Å². The van der Waals surface area contributed by atoms with Gasteiger partial charge in [0.2, 0.25) is 17.7 Å². The van der Waals surface area contributed by atoms with Crippen molar-refractivity contribution in [3.8, 4) is 0 Å². The van der Waals surface area contributed by atoms with E-state index in [1.165, 1.54) is 24.5 Å². The Balaban J connectivity index is 1.71. The highest BCUT2D eigenvalue weighted by Gasteiger charge is 2.31. The normalized spacial score (nSPS) is 14.4. The summed E-state index contributed by atoms with van der Waals surface area (Å²) in [5.41, 5.74) is 1.94. The van der Waals surface area contributed by atoms with E-state index in [1.807, 2.05) is 95.3 Å². The summed E-state index contributed by atoms with van der Waals surface area (Å²) >= 11 is 0. The van der Waals surface area contributed by atoms with E-state index in [9.17, 15) is 24.4 Å². The minimum Gasteiger partial charge on any atom is -0.619 e. The van der Waals surface area contributed by atoms with Gasteiger partial charge in [-0.05, 0) is 49.7 Å². The zero-order valence-corrected chi connectivity index (χ0v) is 29.5. The number of carbonyl (C=O) groups excluding carboxylic acids is 4. The van der Waals surface area contributed by atoms with E-state index >= 15 is 0 Å². The van der Waals surface area contributed by atoms with Crippen LogP contribution in [0.4, 0.5) is 0 Å². The van der Waals surface area contributed by atoms with Crippen molar-refractivity contribution in [2.24, 2.45) is 5.41 Å². The highest BCUT2D eigenvalue weighted by molar-refractivity contribution is 5.98. The smallest absolute Gasteiger partial charge is 0.252 e. The quantitative estimate of drug-likeness (QED) is 0.109. The third-order valence-electron chi connectivity index (χ3n) is 8.11. The molecule has 11 heteroatoms. The molecule has 0 unspecified atom stereocenters. The van der Waals surface area contributed by atoms with Gasteiger partial charge in [-0.15, -0.1) is 0 Å². The first-order chi connectivity index (χ1) is 23.3. The molecule has 0 spiro atoms. The zero-order chi connectivity index (χ0) is 36.0. The fourth-order valence-corrected chi connectivity index (χ4v) is 5.41. The second-order valence-electron chi connectivity index (χ2n) is 13.8. The lowest BCUT2D eigenvalue weighted by Gasteiger charge is -2.29. The topological polar surface area (TPSA) is 155 Å². The van der Waals surface area contributed by atoms with E-state index in [0.717, 1.165) is 11.1 Å². The summed E-state index contributed by atoms with van der Waals surface area (Å²) in [5.74, 6) is -1.47. The summed E-state index contributed by atoms with van der Waals surface area (Å²) in [7, 11) is 0. The van der Waals surface area contributed by atoms with Gasteiger partial charge in [0, 0.05) is 24.7 Å². The van der Waals surface area contributed by atoms with Crippen molar-refractivity contribution in [3.05, 3.63) is 107 Å². The third-order valence-corrected chi connectivity index (χ3v) is 8.11. The first kappa shape index (κ1) is 38.7. The molecule has 5 N–H and O–H groups in total. The van der Waals surface area contributed by atoms with Crippen LogP contribution in [0.3, 0.4) is 0 Å². The van der Waals surface area contributed by atoms with E-state index in [1.54, 1.807) is 6.92 Å². The lowest BCUT2D eigenvalue weighted by atomic mass is 9.87. The monoisotopic (exact) mass is 672 g/mol. The molecule has 11 nitrogen and oxygen atoms in total. The summed E-state index contributed by atoms with van der Waals surface area (Å²) in [5, 5.41) is 26.6. The molecule has 49 heavy (non-hydrogen) atoms. The molecule has 0 saturated carbocycles. The molecule has 5 atom stereocenters. The molecule has 2 aromatic carbocycles. The van der Waals surface area contributed by atoms with E-state index < -0.39 is 29.9 Å². The molecule has 0 aliphatic heterocycles. The molecule has 3 aromatic rings. The fraction of sp³-hybridized carbons (Fsp3) is 0.447. The van der Waals surface area contributed by atoms with Gasteiger partial charge in [-0.1, -0.05) is 94.8 Å². The maximum absolute atomic E-state index is 13.8. The Morgan fingerprint density at radius 2 is 1.35 bits per heavy atom. The molecule has 264 valence electrons.